The molecule has 3 rings (SSSR count). The van der Waals surface area contributed by atoms with E-state index in [-0.39, 0.29) is 11.3 Å². The van der Waals surface area contributed by atoms with Gasteiger partial charge in [-0.25, -0.2) is 4.68 Å². The van der Waals surface area contributed by atoms with Gasteiger partial charge in [0.25, 0.3) is 5.91 Å². The number of rotatable bonds is 3. The topological polar surface area (TPSA) is 59.8 Å². The highest BCUT2D eigenvalue weighted by atomic mass is 16.1. The Labute approximate surface area is 147 Å². The number of nitrogens with zero attached hydrogens (tertiary/aromatic N) is 3. The quantitative estimate of drug-likeness (QED) is 0.783. The van der Waals surface area contributed by atoms with E-state index in [1.54, 1.807) is 17.1 Å². The number of aryl methyl sites for hydroxylation is 1. The number of amides is 1. The molecular formula is C20H22N4O. The van der Waals surface area contributed by atoms with Crippen molar-refractivity contribution in [3.05, 3.63) is 71.8 Å². The molecule has 0 atom stereocenters. The monoisotopic (exact) mass is 334 g/mol. The van der Waals surface area contributed by atoms with Gasteiger partial charge in [-0.3, -0.25) is 9.78 Å². The van der Waals surface area contributed by atoms with E-state index in [4.69, 9.17) is 0 Å². The minimum atomic E-state index is -0.252. The first-order valence-corrected chi connectivity index (χ1v) is 8.24. The third kappa shape index (κ3) is 3.76. The van der Waals surface area contributed by atoms with E-state index in [0.29, 0.717) is 11.3 Å². The van der Waals surface area contributed by atoms with Crippen LogP contribution < -0.4 is 5.32 Å². The van der Waals surface area contributed by atoms with Gasteiger partial charge in [0.1, 0.15) is 0 Å². The molecule has 1 aromatic carbocycles. The molecule has 0 aliphatic carbocycles. The van der Waals surface area contributed by atoms with E-state index in [1.807, 2.05) is 49.4 Å². The highest BCUT2D eigenvalue weighted by molar-refractivity contribution is 6.05. The van der Waals surface area contributed by atoms with Crippen LogP contribution in [0, 0.1) is 6.92 Å². The third-order valence-corrected chi connectivity index (χ3v) is 3.86. The Hall–Kier alpha value is -2.95. The average molecular weight is 334 g/mol. The minimum absolute atomic E-state index is 0.183. The normalized spacial score (nSPS) is 11.4. The van der Waals surface area contributed by atoms with Gasteiger partial charge in [0, 0.05) is 17.3 Å². The van der Waals surface area contributed by atoms with Crippen LogP contribution in [-0.2, 0) is 5.41 Å². The molecule has 0 radical (unpaired) electrons. The predicted molar refractivity (Wildman–Crippen MR) is 99.2 cm³/mol. The summed E-state index contributed by atoms with van der Waals surface area (Å²) >= 11 is 0. The maximum absolute atomic E-state index is 12.8. The molecule has 2 aromatic heterocycles. The van der Waals surface area contributed by atoms with Crippen LogP contribution >= 0.6 is 0 Å². The lowest BCUT2D eigenvalue weighted by molar-refractivity contribution is 0.102. The highest BCUT2D eigenvalue weighted by Crippen LogP contribution is 2.26. The number of benzene rings is 1. The maximum atomic E-state index is 12.8. The van der Waals surface area contributed by atoms with E-state index < -0.39 is 0 Å². The van der Waals surface area contributed by atoms with Crippen LogP contribution in [0.4, 0.5) is 5.69 Å². The zero-order valence-corrected chi connectivity index (χ0v) is 14.9. The van der Waals surface area contributed by atoms with Crippen molar-refractivity contribution in [2.75, 3.05) is 5.32 Å². The Balaban J connectivity index is 1.97. The summed E-state index contributed by atoms with van der Waals surface area (Å²) in [7, 11) is 0. The summed E-state index contributed by atoms with van der Waals surface area (Å²) in [4.78, 5) is 17.0. The predicted octanol–water partition coefficient (Wildman–Crippen LogP) is 4.13. The molecule has 128 valence electrons. The molecule has 1 amide bonds. The molecular weight excluding hydrogens is 312 g/mol. The molecule has 0 fully saturated rings. The summed E-state index contributed by atoms with van der Waals surface area (Å²) in [5.41, 5.74) is 3.57. The van der Waals surface area contributed by atoms with Gasteiger partial charge in [0.05, 0.1) is 28.8 Å². The van der Waals surface area contributed by atoms with Gasteiger partial charge >= 0.3 is 0 Å². The first-order chi connectivity index (χ1) is 11.8. The number of pyridine rings is 1. The molecule has 5 heteroatoms. The van der Waals surface area contributed by atoms with Gasteiger partial charge in [0.15, 0.2) is 0 Å². The molecule has 0 saturated carbocycles. The standard InChI is InChI=1S/C20H22N4O/c1-14-10-11-15(12-21-14)22-19(25)17-13-24(16-8-6-5-7-9-16)23-18(17)20(2,3)4/h5-13H,1-4H3,(H,22,25). The van der Waals surface area contributed by atoms with E-state index in [9.17, 15) is 4.79 Å². The number of hydrogen-bond donors (Lipinski definition) is 1. The maximum Gasteiger partial charge on any atom is 0.259 e. The molecule has 0 saturated heterocycles. The Kier molecular flexibility index (Phi) is 4.40. The largest absolute Gasteiger partial charge is 0.320 e. The highest BCUT2D eigenvalue weighted by Gasteiger charge is 2.26. The second-order valence-corrected chi connectivity index (χ2v) is 7.06. The van der Waals surface area contributed by atoms with Gasteiger partial charge < -0.3 is 5.32 Å². The summed E-state index contributed by atoms with van der Waals surface area (Å²) in [6.07, 6.45) is 3.44. The van der Waals surface area contributed by atoms with Gasteiger partial charge in [-0.2, -0.15) is 5.10 Å². The molecule has 5 nitrogen and oxygen atoms in total. The van der Waals surface area contributed by atoms with Crippen LogP contribution in [0.2, 0.25) is 0 Å². The van der Waals surface area contributed by atoms with Crippen molar-refractivity contribution in [2.45, 2.75) is 33.1 Å². The molecule has 0 bridgehead atoms. The number of carbonyl (C=O) groups excluding carboxylic acids is 1. The number of anilines is 1. The fraction of sp³-hybridized carbons (Fsp3) is 0.250. The van der Waals surface area contributed by atoms with Gasteiger partial charge in [-0.15, -0.1) is 0 Å². The van der Waals surface area contributed by atoms with Crippen LogP contribution in [0.15, 0.2) is 54.9 Å². The van der Waals surface area contributed by atoms with Crippen LogP contribution in [0.1, 0.15) is 42.5 Å². The van der Waals surface area contributed by atoms with E-state index in [0.717, 1.165) is 17.1 Å². The number of para-hydroxylation sites is 1. The summed E-state index contributed by atoms with van der Waals surface area (Å²) in [5, 5.41) is 7.58. The number of nitrogens with one attached hydrogen (secondary N) is 1. The minimum Gasteiger partial charge on any atom is -0.320 e. The lowest BCUT2D eigenvalue weighted by Gasteiger charge is -2.17. The van der Waals surface area contributed by atoms with E-state index >= 15 is 0 Å². The first-order valence-electron chi connectivity index (χ1n) is 8.24. The lowest BCUT2D eigenvalue weighted by atomic mass is 9.89. The van der Waals surface area contributed by atoms with Crippen molar-refractivity contribution in [3.63, 3.8) is 0 Å². The molecule has 0 aliphatic rings. The van der Waals surface area contributed by atoms with Crippen molar-refractivity contribution in [1.29, 1.82) is 0 Å². The lowest BCUT2D eigenvalue weighted by Crippen LogP contribution is -2.20. The second-order valence-electron chi connectivity index (χ2n) is 7.06. The Morgan fingerprint density at radius 3 is 2.40 bits per heavy atom. The molecule has 0 unspecified atom stereocenters. The number of carbonyl (C=O) groups is 1. The first kappa shape index (κ1) is 16.9. The van der Waals surface area contributed by atoms with Gasteiger partial charge in [-0.05, 0) is 31.2 Å². The number of aromatic nitrogens is 3. The van der Waals surface area contributed by atoms with Crippen LogP contribution in [0.3, 0.4) is 0 Å². The third-order valence-electron chi connectivity index (χ3n) is 3.86. The van der Waals surface area contributed by atoms with Crippen molar-refractivity contribution in [1.82, 2.24) is 14.8 Å². The van der Waals surface area contributed by atoms with Crippen molar-refractivity contribution >= 4 is 11.6 Å². The second kappa shape index (κ2) is 6.51. The molecule has 25 heavy (non-hydrogen) atoms. The van der Waals surface area contributed by atoms with Crippen LogP contribution in [0.5, 0.6) is 0 Å². The summed E-state index contributed by atoms with van der Waals surface area (Å²) in [6, 6.07) is 13.5. The molecule has 3 aromatic rings. The SMILES string of the molecule is Cc1ccc(NC(=O)c2cn(-c3ccccc3)nc2C(C)(C)C)cn1. The fourth-order valence-electron chi connectivity index (χ4n) is 2.55. The molecule has 0 aliphatic heterocycles. The van der Waals surface area contributed by atoms with Crippen LogP contribution in [-0.4, -0.2) is 20.7 Å². The van der Waals surface area contributed by atoms with Crippen molar-refractivity contribution in [2.24, 2.45) is 0 Å². The van der Waals surface area contributed by atoms with Crippen molar-refractivity contribution in [3.8, 4) is 5.69 Å². The van der Waals surface area contributed by atoms with Gasteiger partial charge in [-0.1, -0.05) is 39.0 Å². The summed E-state index contributed by atoms with van der Waals surface area (Å²) in [6.45, 7) is 8.06. The molecule has 2 heterocycles. The van der Waals surface area contributed by atoms with E-state index in [1.165, 1.54) is 0 Å². The molecule has 1 N–H and O–H groups in total. The zero-order chi connectivity index (χ0) is 18.0. The Morgan fingerprint density at radius 1 is 1.08 bits per heavy atom. The fourth-order valence-corrected chi connectivity index (χ4v) is 2.55. The van der Waals surface area contributed by atoms with Crippen LogP contribution in [0.25, 0.3) is 5.69 Å². The average Bonchev–Trinajstić information content (AvgIpc) is 3.04. The van der Waals surface area contributed by atoms with Crippen molar-refractivity contribution < 1.29 is 4.79 Å². The summed E-state index contributed by atoms with van der Waals surface area (Å²) < 4.78 is 1.75. The Bertz CT molecular complexity index is 874. The number of hydrogen-bond acceptors (Lipinski definition) is 3. The van der Waals surface area contributed by atoms with E-state index in [2.05, 4.69) is 36.2 Å². The summed E-state index contributed by atoms with van der Waals surface area (Å²) in [5.74, 6) is -0.183. The smallest absolute Gasteiger partial charge is 0.259 e. The zero-order valence-electron chi connectivity index (χ0n) is 14.9. The Morgan fingerprint density at radius 2 is 1.80 bits per heavy atom. The van der Waals surface area contributed by atoms with Gasteiger partial charge in [0.2, 0.25) is 0 Å². The molecule has 0 spiro atoms.